The zero-order chi connectivity index (χ0) is 17.7. The van der Waals surface area contributed by atoms with Gasteiger partial charge in [-0.2, -0.15) is 0 Å². The molecule has 0 spiro atoms. The van der Waals surface area contributed by atoms with Crippen molar-refractivity contribution in [3.8, 4) is 11.5 Å². The SMILES string of the molecule is C[C@@](O)(CNC(=O)CSCc1ccccc1)c1ccc2c(c1)OCO2. The molecule has 25 heavy (non-hydrogen) atoms. The fraction of sp³-hybridized carbons (Fsp3) is 0.316. The summed E-state index contributed by atoms with van der Waals surface area (Å²) in [5.74, 6) is 2.32. The molecular formula is C19H21NO4S. The molecule has 0 radical (unpaired) electrons. The van der Waals surface area contributed by atoms with Gasteiger partial charge in [0.1, 0.15) is 5.60 Å². The molecule has 0 fully saturated rings. The number of carbonyl (C=O) groups is 1. The Labute approximate surface area is 151 Å². The summed E-state index contributed by atoms with van der Waals surface area (Å²) in [6, 6.07) is 15.3. The number of rotatable bonds is 7. The van der Waals surface area contributed by atoms with Crippen LogP contribution in [0.1, 0.15) is 18.1 Å². The molecule has 0 unspecified atom stereocenters. The van der Waals surface area contributed by atoms with Crippen molar-refractivity contribution < 1.29 is 19.4 Å². The topological polar surface area (TPSA) is 67.8 Å². The Morgan fingerprint density at radius 3 is 2.76 bits per heavy atom. The summed E-state index contributed by atoms with van der Waals surface area (Å²) in [5, 5.41) is 13.4. The number of ether oxygens (including phenoxy) is 2. The largest absolute Gasteiger partial charge is 0.454 e. The molecule has 1 amide bonds. The number of benzene rings is 2. The molecule has 2 N–H and O–H groups in total. The molecule has 1 aliphatic rings. The van der Waals surface area contributed by atoms with Gasteiger partial charge in [-0.3, -0.25) is 4.79 Å². The van der Waals surface area contributed by atoms with Gasteiger partial charge in [-0.05, 0) is 30.2 Å². The van der Waals surface area contributed by atoms with Crippen molar-refractivity contribution in [1.29, 1.82) is 0 Å². The fourth-order valence-corrected chi connectivity index (χ4v) is 3.31. The smallest absolute Gasteiger partial charge is 0.231 e. The van der Waals surface area contributed by atoms with E-state index in [1.165, 1.54) is 5.56 Å². The van der Waals surface area contributed by atoms with E-state index in [9.17, 15) is 9.90 Å². The van der Waals surface area contributed by atoms with Crippen LogP contribution in [0.3, 0.4) is 0 Å². The number of thioether (sulfide) groups is 1. The summed E-state index contributed by atoms with van der Waals surface area (Å²) in [7, 11) is 0. The number of fused-ring (bicyclic) bond motifs is 1. The minimum Gasteiger partial charge on any atom is -0.454 e. The Balaban J connectivity index is 1.47. The zero-order valence-electron chi connectivity index (χ0n) is 14.0. The van der Waals surface area contributed by atoms with Gasteiger partial charge >= 0.3 is 0 Å². The van der Waals surface area contributed by atoms with E-state index < -0.39 is 5.60 Å². The van der Waals surface area contributed by atoms with Crippen LogP contribution in [-0.4, -0.2) is 30.1 Å². The molecule has 2 aromatic carbocycles. The quantitative estimate of drug-likeness (QED) is 0.796. The highest BCUT2D eigenvalue weighted by atomic mass is 32.2. The molecule has 3 rings (SSSR count). The van der Waals surface area contributed by atoms with Gasteiger partial charge in [0.25, 0.3) is 0 Å². The van der Waals surface area contributed by atoms with Crippen LogP contribution in [0, 0.1) is 0 Å². The van der Waals surface area contributed by atoms with Crippen molar-refractivity contribution >= 4 is 17.7 Å². The fourth-order valence-electron chi connectivity index (χ4n) is 2.49. The molecular weight excluding hydrogens is 338 g/mol. The summed E-state index contributed by atoms with van der Waals surface area (Å²) >= 11 is 1.55. The van der Waals surface area contributed by atoms with Crippen LogP contribution in [0.15, 0.2) is 48.5 Å². The lowest BCUT2D eigenvalue weighted by Gasteiger charge is -2.24. The number of carbonyl (C=O) groups excluding carboxylic acids is 1. The number of nitrogens with one attached hydrogen (secondary N) is 1. The van der Waals surface area contributed by atoms with Gasteiger partial charge in [-0.1, -0.05) is 36.4 Å². The lowest BCUT2D eigenvalue weighted by Crippen LogP contribution is -2.39. The van der Waals surface area contributed by atoms with Gasteiger partial charge in [0, 0.05) is 5.75 Å². The minimum atomic E-state index is -1.18. The highest BCUT2D eigenvalue weighted by molar-refractivity contribution is 7.99. The van der Waals surface area contributed by atoms with Crippen molar-refractivity contribution in [3.05, 3.63) is 59.7 Å². The minimum absolute atomic E-state index is 0.0954. The summed E-state index contributed by atoms with van der Waals surface area (Å²) < 4.78 is 10.6. The molecule has 0 bridgehead atoms. The first-order valence-electron chi connectivity index (χ1n) is 8.05. The molecule has 1 aliphatic heterocycles. The molecule has 2 aromatic rings. The van der Waals surface area contributed by atoms with Crippen LogP contribution in [0.25, 0.3) is 0 Å². The van der Waals surface area contributed by atoms with Crippen molar-refractivity contribution in [3.63, 3.8) is 0 Å². The normalized spacial score (nSPS) is 14.8. The second-order valence-corrected chi connectivity index (χ2v) is 7.08. The van der Waals surface area contributed by atoms with E-state index in [-0.39, 0.29) is 19.2 Å². The summed E-state index contributed by atoms with van der Waals surface area (Å²) in [6.07, 6.45) is 0. The summed E-state index contributed by atoms with van der Waals surface area (Å²) in [6.45, 7) is 2.00. The van der Waals surface area contributed by atoms with Crippen LogP contribution < -0.4 is 14.8 Å². The Morgan fingerprint density at radius 2 is 1.96 bits per heavy atom. The maximum atomic E-state index is 12.0. The predicted octanol–water partition coefficient (Wildman–Crippen LogP) is 2.67. The average Bonchev–Trinajstić information content (AvgIpc) is 3.09. The zero-order valence-corrected chi connectivity index (χ0v) is 14.8. The third-order valence-corrected chi connectivity index (χ3v) is 4.97. The highest BCUT2D eigenvalue weighted by Gasteiger charge is 2.26. The molecule has 5 nitrogen and oxygen atoms in total. The van der Waals surface area contributed by atoms with Crippen LogP contribution in [0.5, 0.6) is 11.5 Å². The van der Waals surface area contributed by atoms with E-state index in [1.54, 1.807) is 36.9 Å². The highest BCUT2D eigenvalue weighted by Crippen LogP contribution is 2.35. The third kappa shape index (κ3) is 4.67. The van der Waals surface area contributed by atoms with Crippen molar-refractivity contribution in [2.45, 2.75) is 18.3 Å². The van der Waals surface area contributed by atoms with Crippen molar-refractivity contribution in [1.82, 2.24) is 5.32 Å². The first-order valence-corrected chi connectivity index (χ1v) is 9.21. The molecule has 1 atom stereocenters. The van der Waals surface area contributed by atoms with Crippen LogP contribution in [0.2, 0.25) is 0 Å². The van der Waals surface area contributed by atoms with Gasteiger partial charge < -0.3 is 19.9 Å². The molecule has 1 heterocycles. The lowest BCUT2D eigenvalue weighted by atomic mass is 9.95. The second kappa shape index (κ2) is 7.80. The van der Waals surface area contributed by atoms with E-state index >= 15 is 0 Å². The van der Waals surface area contributed by atoms with E-state index in [1.807, 2.05) is 30.3 Å². The maximum absolute atomic E-state index is 12.0. The predicted molar refractivity (Wildman–Crippen MR) is 97.7 cm³/mol. The lowest BCUT2D eigenvalue weighted by molar-refractivity contribution is -0.119. The van der Waals surface area contributed by atoms with E-state index in [0.717, 1.165) is 5.75 Å². The van der Waals surface area contributed by atoms with Crippen LogP contribution in [0.4, 0.5) is 0 Å². The van der Waals surface area contributed by atoms with Gasteiger partial charge in [-0.25, -0.2) is 0 Å². The Morgan fingerprint density at radius 1 is 1.20 bits per heavy atom. The second-order valence-electron chi connectivity index (χ2n) is 6.10. The summed E-state index contributed by atoms with van der Waals surface area (Å²) in [5.41, 5.74) is 0.683. The monoisotopic (exact) mass is 359 g/mol. The van der Waals surface area contributed by atoms with E-state index in [0.29, 0.717) is 22.8 Å². The number of hydrogen-bond acceptors (Lipinski definition) is 5. The van der Waals surface area contributed by atoms with Crippen LogP contribution >= 0.6 is 11.8 Å². The average molecular weight is 359 g/mol. The number of amides is 1. The third-order valence-electron chi connectivity index (χ3n) is 3.97. The van der Waals surface area contributed by atoms with Gasteiger partial charge in [0.15, 0.2) is 11.5 Å². The van der Waals surface area contributed by atoms with Crippen molar-refractivity contribution in [2.75, 3.05) is 19.1 Å². The Bertz CT molecular complexity index is 733. The molecule has 0 saturated carbocycles. The molecule has 0 aromatic heterocycles. The first-order chi connectivity index (χ1) is 12.0. The molecule has 6 heteroatoms. The van der Waals surface area contributed by atoms with E-state index in [2.05, 4.69) is 5.32 Å². The maximum Gasteiger partial charge on any atom is 0.231 e. The molecule has 0 aliphatic carbocycles. The van der Waals surface area contributed by atoms with Gasteiger partial charge in [0.05, 0.1) is 12.3 Å². The number of aliphatic hydroxyl groups is 1. The van der Waals surface area contributed by atoms with Crippen LogP contribution in [-0.2, 0) is 16.1 Å². The van der Waals surface area contributed by atoms with E-state index in [4.69, 9.17) is 9.47 Å². The van der Waals surface area contributed by atoms with Gasteiger partial charge in [-0.15, -0.1) is 11.8 Å². The summed E-state index contributed by atoms with van der Waals surface area (Å²) in [4.78, 5) is 12.0. The first kappa shape index (κ1) is 17.6. The molecule has 132 valence electrons. The standard InChI is InChI=1S/C19H21NO4S/c1-19(22,15-7-8-16-17(9-15)24-13-23-16)12-20-18(21)11-25-10-14-5-3-2-4-6-14/h2-9,22H,10-13H2,1H3,(H,20,21)/t19-/m1/s1. The van der Waals surface area contributed by atoms with Crippen molar-refractivity contribution in [2.24, 2.45) is 0 Å². The number of hydrogen-bond donors (Lipinski definition) is 2. The molecule has 0 saturated heterocycles. The Kier molecular flexibility index (Phi) is 5.50. The van der Waals surface area contributed by atoms with Gasteiger partial charge in [0.2, 0.25) is 12.7 Å². The Hall–Kier alpha value is -2.18.